The van der Waals surface area contributed by atoms with Crippen molar-refractivity contribution in [2.75, 3.05) is 20.2 Å². The predicted octanol–water partition coefficient (Wildman–Crippen LogP) is 1.75. The molecule has 2 unspecified atom stereocenters. The first-order valence-electron chi connectivity index (χ1n) is 10.4. The van der Waals surface area contributed by atoms with Gasteiger partial charge in [0.25, 0.3) is 0 Å². The highest BCUT2D eigenvalue weighted by Crippen LogP contribution is 2.36. The van der Waals surface area contributed by atoms with Crippen LogP contribution in [0.15, 0.2) is 29.3 Å². The molecule has 8 nitrogen and oxygen atoms in total. The molecule has 0 fully saturated rings. The molecule has 0 saturated carbocycles. The third-order valence-corrected chi connectivity index (χ3v) is 5.69. The summed E-state index contributed by atoms with van der Waals surface area (Å²) >= 11 is 0. The number of methoxy groups -OCH3 is 1. The Bertz CT molecular complexity index is 886. The number of hydrogen-bond donors (Lipinski definition) is 3. The lowest BCUT2D eigenvalue weighted by atomic mass is 9.96. The van der Waals surface area contributed by atoms with Crippen molar-refractivity contribution in [1.29, 1.82) is 0 Å². The minimum atomic E-state index is -0.889. The maximum atomic E-state index is 11.2. The largest absolute Gasteiger partial charge is 0.383 e. The van der Waals surface area contributed by atoms with E-state index in [1.54, 1.807) is 7.11 Å². The van der Waals surface area contributed by atoms with E-state index in [1.165, 1.54) is 5.56 Å². The number of halogens is 1. The zero-order valence-corrected chi connectivity index (χ0v) is 19.9. The molecule has 0 bridgehead atoms. The van der Waals surface area contributed by atoms with Crippen molar-refractivity contribution >= 4 is 29.9 Å². The lowest BCUT2D eigenvalue weighted by Crippen LogP contribution is -2.47. The quantitative estimate of drug-likeness (QED) is 0.302. The maximum absolute atomic E-state index is 11.2. The Balaban J connectivity index is 0.00000256. The summed E-state index contributed by atoms with van der Waals surface area (Å²) < 4.78 is 7.10. The van der Waals surface area contributed by atoms with Crippen LogP contribution in [0.4, 0.5) is 0 Å². The van der Waals surface area contributed by atoms with Crippen LogP contribution in [0.1, 0.15) is 42.5 Å². The number of benzene rings is 1. The van der Waals surface area contributed by atoms with Crippen molar-refractivity contribution in [3.05, 3.63) is 47.0 Å². The van der Waals surface area contributed by atoms with Gasteiger partial charge in [0, 0.05) is 26.1 Å². The molecule has 0 spiro atoms. The van der Waals surface area contributed by atoms with Crippen LogP contribution in [-0.4, -0.2) is 52.1 Å². The number of nitrogens with zero attached hydrogens (tertiary/aromatic N) is 4. The van der Waals surface area contributed by atoms with Gasteiger partial charge in [-0.05, 0) is 37.3 Å². The molecule has 2 aliphatic rings. The first-order chi connectivity index (χ1) is 14.1. The van der Waals surface area contributed by atoms with Gasteiger partial charge in [-0.15, -0.1) is 24.0 Å². The van der Waals surface area contributed by atoms with Crippen LogP contribution in [0, 0.1) is 0 Å². The van der Waals surface area contributed by atoms with E-state index in [9.17, 15) is 5.11 Å². The third kappa shape index (κ3) is 4.94. The Kier molecular flexibility index (Phi) is 7.70. The normalized spacial score (nSPS) is 22.8. The number of fused-ring (bicyclic) bond motifs is 2. The highest BCUT2D eigenvalue weighted by atomic mass is 127. The number of aliphatic imine (C=N–C) groups is 1. The van der Waals surface area contributed by atoms with Crippen molar-refractivity contribution < 1.29 is 9.84 Å². The molecule has 30 heavy (non-hydrogen) atoms. The first-order valence-corrected chi connectivity index (χ1v) is 10.4. The summed E-state index contributed by atoms with van der Waals surface area (Å²) in [5.41, 5.74) is 1.34. The molecule has 0 saturated heterocycles. The Morgan fingerprint density at radius 1 is 1.37 bits per heavy atom. The highest BCUT2D eigenvalue weighted by molar-refractivity contribution is 14.0. The van der Waals surface area contributed by atoms with Gasteiger partial charge in [0.05, 0.1) is 13.1 Å². The van der Waals surface area contributed by atoms with Crippen LogP contribution >= 0.6 is 24.0 Å². The van der Waals surface area contributed by atoms with Gasteiger partial charge in [-0.3, -0.25) is 0 Å². The van der Waals surface area contributed by atoms with Gasteiger partial charge in [-0.1, -0.05) is 24.3 Å². The second-order valence-corrected chi connectivity index (χ2v) is 7.82. The van der Waals surface area contributed by atoms with Gasteiger partial charge in [-0.25, -0.2) is 14.7 Å². The van der Waals surface area contributed by atoms with Crippen LogP contribution in [-0.2, 0) is 36.3 Å². The number of guanidine groups is 1. The number of aromatic nitrogens is 3. The van der Waals surface area contributed by atoms with Gasteiger partial charge in [0.1, 0.15) is 18.0 Å². The van der Waals surface area contributed by atoms with Crippen LogP contribution < -0.4 is 10.6 Å². The van der Waals surface area contributed by atoms with E-state index in [0.29, 0.717) is 19.6 Å². The van der Waals surface area contributed by atoms with Gasteiger partial charge in [-0.2, -0.15) is 5.10 Å². The molecule has 4 rings (SSSR count). The van der Waals surface area contributed by atoms with E-state index in [4.69, 9.17) is 9.73 Å². The number of aliphatic hydroxyl groups is 1. The summed E-state index contributed by atoms with van der Waals surface area (Å²) in [5.74, 6) is 2.47. The van der Waals surface area contributed by atoms with Crippen molar-refractivity contribution in [1.82, 2.24) is 25.4 Å². The van der Waals surface area contributed by atoms with Crippen molar-refractivity contribution in [2.24, 2.45) is 4.99 Å². The topological polar surface area (TPSA) is 96.6 Å². The number of hydrogen-bond acceptors (Lipinski definition) is 5. The minimum Gasteiger partial charge on any atom is -0.383 e. The number of aryl methyl sites for hydroxylation is 2. The van der Waals surface area contributed by atoms with Gasteiger partial charge < -0.3 is 20.5 Å². The van der Waals surface area contributed by atoms with Crippen LogP contribution in [0.5, 0.6) is 0 Å². The lowest BCUT2D eigenvalue weighted by Gasteiger charge is -2.27. The van der Waals surface area contributed by atoms with E-state index in [1.807, 2.05) is 29.8 Å². The second kappa shape index (κ2) is 10.1. The Morgan fingerprint density at radius 2 is 2.20 bits per heavy atom. The van der Waals surface area contributed by atoms with E-state index < -0.39 is 5.60 Å². The van der Waals surface area contributed by atoms with Crippen molar-refractivity contribution in [3.8, 4) is 0 Å². The number of rotatable bonds is 6. The van der Waals surface area contributed by atoms with E-state index in [2.05, 4.69) is 26.8 Å². The zero-order chi connectivity index (χ0) is 20.3. The summed E-state index contributed by atoms with van der Waals surface area (Å²) in [6.07, 6.45) is 3.44. The Hall–Kier alpha value is -1.72. The Morgan fingerprint density at radius 3 is 3.00 bits per heavy atom. The molecule has 1 aliphatic carbocycles. The predicted molar refractivity (Wildman–Crippen MR) is 126 cm³/mol. The monoisotopic (exact) mass is 526 g/mol. The fourth-order valence-corrected chi connectivity index (χ4v) is 4.22. The lowest BCUT2D eigenvalue weighted by molar-refractivity contribution is 0.0485. The van der Waals surface area contributed by atoms with Gasteiger partial charge in [0.15, 0.2) is 11.8 Å². The van der Waals surface area contributed by atoms with Crippen molar-refractivity contribution in [2.45, 2.75) is 57.4 Å². The molecule has 1 aromatic heterocycles. The SMILES string of the molecule is CCNC(=NCC1(O)CCc2ccccc21)NC1CCc2nc(COC)nn2C1.I. The van der Waals surface area contributed by atoms with Crippen LogP contribution in [0.3, 0.4) is 0 Å². The molecule has 2 heterocycles. The van der Waals surface area contributed by atoms with Gasteiger partial charge in [0.2, 0.25) is 0 Å². The Labute approximate surface area is 194 Å². The average molecular weight is 526 g/mol. The third-order valence-electron chi connectivity index (χ3n) is 5.69. The molecular formula is C21H31IN6O2. The molecule has 0 radical (unpaired) electrons. The van der Waals surface area contributed by atoms with Crippen LogP contribution in [0.2, 0.25) is 0 Å². The molecule has 3 N–H and O–H groups in total. The molecule has 0 amide bonds. The molecule has 9 heteroatoms. The first kappa shape index (κ1) is 23.0. The summed E-state index contributed by atoms with van der Waals surface area (Å²) in [7, 11) is 1.65. The minimum absolute atomic E-state index is 0. The maximum Gasteiger partial charge on any atom is 0.191 e. The molecule has 1 aliphatic heterocycles. The fraction of sp³-hybridized carbons (Fsp3) is 0.571. The second-order valence-electron chi connectivity index (χ2n) is 7.82. The fourth-order valence-electron chi connectivity index (χ4n) is 4.22. The van der Waals surface area contributed by atoms with E-state index in [-0.39, 0.29) is 30.0 Å². The molecule has 1 aromatic carbocycles. The van der Waals surface area contributed by atoms with E-state index >= 15 is 0 Å². The van der Waals surface area contributed by atoms with E-state index in [0.717, 1.165) is 55.5 Å². The number of ether oxygens (including phenoxy) is 1. The van der Waals surface area contributed by atoms with Crippen LogP contribution in [0.25, 0.3) is 0 Å². The molecule has 164 valence electrons. The molecular weight excluding hydrogens is 495 g/mol. The van der Waals surface area contributed by atoms with Crippen molar-refractivity contribution in [3.63, 3.8) is 0 Å². The summed E-state index contributed by atoms with van der Waals surface area (Å²) in [6.45, 7) is 4.33. The zero-order valence-electron chi connectivity index (χ0n) is 17.6. The molecule has 2 aromatic rings. The summed E-state index contributed by atoms with van der Waals surface area (Å²) in [5, 5.41) is 22.5. The number of nitrogens with one attached hydrogen (secondary N) is 2. The smallest absolute Gasteiger partial charge is 0.191 e. The standard InChI is InChI=1S/C21H30N6O2.HI/c1-3-22-20(23-14-21(28)11-10-15-6-4-5-7-17(15)21)24-16-8-9-19-25-18(13-29-2)26-27(19)12-16;/h4-7,16,28H,3,8-14H2,1-2H3,(H2,22,23,24);1H. The van der Waals surface area contributed by atoms with Gasteiger partial charge >= 0.3 is 0 Å². The average Bonchev–Trinajstić information content (AvgIpc) is 3.28. The molecule has 2 atom stereocenters. The highest BCUT2D eigenvalue weighted by Gasteiger charge is 2.36. The summed E-state index contributed by atoms with van der Waals surface area (Å²) in [4.78, 5) is 9.26. The summed E-state index contributed by atoms with van der Waals surface area (Å²) in [6, 6.07) is 8.33.